The fourth-order valence-corrected chi connectivity index (χ4v) is 2.15. The molecule has 102 valence electrons. The SMILES string of the molecule is CCCn1ncnc1CC(O)Cc1ccc(Cl)cc1. The third-order valence-corrected chi connectivity index (χ3v) is 3.19. The second kappa shape index (κ2) is 6.68. The molecule has 5 heteroatoms. The molecule has 0 fully saturated rings. The number of hydrogen-bond donors (Lipinski definition) is 1. The standard InChI is InChI=1S/C14H18ClN3O/c1-2-7-18-14(16-10-17-18)9-13(19)8-11-3-5-12(15)6-4-11/h3-6,10,13,19H,2,7-9H2,1H3. The smallest absolute Gasteiger partial charge is 0.138 e. The molecule has 19 heavy (non-hydrogen) atoms. The number of aryl methyl sites for hydroxylation is 1. The minimum Gasteiger partial charge on any atom is -0.392 e. The molecule has 2 aromatic rings. The van der Waals surface area contributed by atoms with E-state index in [0.29, 0.717) is 17.9 Å². The molecule has 0 aliphatic rings. The van der Waals surface area contributed by atoms with Crippen LogP contribution in [0.4, 0.5) is 0 Å². The summed E-state index contributed by atoms with van der Waals surface area (Å²) in [7, 11) is 0. The van der Waals surface area contributed by atoms with Gasteiger partial charge in [-0.1, -0.05) is 30.7 Å². The number of hydrogen-bond acceptors (Lipinski definition) is 3. The van der Waals surface area contributed by atoms with E-state index < -0.39 is 6.10 Å². The van der Waals surface area contributed by atoms with Crippen molar-refractivity contribution < 1.29 is 5.11 Å². The van der Waals surface area contributed by atoms with E-state index in [0.717, 1.165) is 24.4 Å². The molecule has 0 aliphatic heterocycles. The van der Waals surface area contributed by atoms with Crippen LogP contribution in [-0.4, -0.2) is 26.0 Å². The summed E-state index contributed by atoms with van der Waals surface area (Å²) in [6, 6.07) is 7.54. The molecule has 0 aliphatic carbocycles. The highest BCUT2D eigenvalue weighted by molar-refractivity contribution is 6.30. The lowest BCUT2D eigenvalue weighted by Gasteiger charge is -2.11. The van der Waals surface area contributed by atoms with Gasteiger partial charge in [0.1, 0.15) is 12.2 Å². The van der Waals surface area contributed by atoms with Crippen molar-refractivity contribution in [1.29, 1.82) is 0 Å². The van der Waals surface area contributed by atoms with Gasteiger partial charge in [0.2, 0.25) is 0 Å². The summed E-state index contributed by atoms with van der Waals surface area (Å²) in [4.78, 5) is 4.20. The average Bonchev–Trinajstić information content (AvgIpc) is 2.80. The Balaban J connectivity index is 1.95. The molecule has 1 unspecified atom stereocenters. The van der Waals surface area contributed by atoms with Gasteiger partial charge in [0.05, 0.1) is 6.10 Å². The summed E-state index contributed by atoms with van der Waals surface area (Å²) in [5.74, 6) is 0.836. The Morgan fingerprint density at radius 1 is 1.26 bits per heavy atom. The molecule has 1 N–H and O–H groups in total. The largest absolute Gasteiger partial charge is 0.392 e. The molecule has 2 rings (SSSR count). The van der Waals surface area contributed by atoms with Crippen LogP contribution in [0.25, 0.3) is 0 Å². The van der Waals surface area contributed by atoms with E-state index in [1.54, 1.807) is 6.33 Å². The Bertz CT molecular complexity index is 510. The first-order chi connectivity index (χ1) is 9.19. The van der Waals surface area contributed by atoms with Gasteiger partial charge in [-0.15, -0.1) is 0 Å². The van der Waals surface area contributed by atoms with E-state index in [-0.39, 0.29) is 0 Å². The Kier molecular flexibility index (Phi) is 4.93. The van der Waals surface area contributed by atoms with Crippen LogP contribution in [0.1, 0.15) is 24.7 Å². The molecule has 0 amide bonds. The van der Waals surface area contributed by atoms with Crippen LogP contribution in [0.15, 0.2) is 30.6 Å². The minimum atomic E-state index is -0.457. The molecule has 0 spiro atoms. The fraction of sp³-hybridized carbons (Fsp3) is 0.429. The van der Waals surface area contributed by atoms with E-state index in [9.17, 15) is 5.11 Å². The predicted octanol–water partition coefficient (Wildman–Crippen LogP) is 2.49. The number of aliphatic hydroxyl groups is 1. The van der Waals surface area contributed by atoms with Crippen LogP contribution in [0.2, 0.25) is 5.02 Å². The molecule has 1 aromatic carbocycles. The predicted molar refractivity (Wildman–Crippen MR) is 75.2 cm³/mol. The lowest BCUT2D eigenvalue weighted by molar-refractivity contribution is 0.171. The first-order valence-corrected chi connectivity index (χ1v) is 6.86. The van der Waals surface area contributed by atoms with Crippen molar-refractivity contribution in [3.63, 3.8) is 0 Å². The average molecular weight is 280 g/mol. The first-order valence-electron chi connectivity index (χ1n) is 6.48. The highest BCUT2D eigenvalue weighted by Crippen LogP contribution is 2.12. The van der Waals surface area contributed by atoms with Crippen molar-refractivity contribution in [3.8, 4) is 0 Å². The number of nitrogens with zero attached hydrogens (tertiary/aromatic N) is 3. The lowest BCUT2D eigenvalue weighted by Crippen LogP contribution is -2.18. The topological polar surface area (TPSA) is 50.9 Å². The summed E-state index contributed by atoms with van der Waals surface area (Å²) in [5.41, 5.74) is 1.07. The zero-order chi connectivity index (χ0) is 13.7. The molecule has 0 saturated carbocycles. The van der Waals surface area contributed by atoms with Crippen LogP contribution in [0.5, 0.6) is 0 Å². The van der Waals surface area contributed by atoms with Crippen LogP contribution >= 0.6 is 11.6 Å². The Labute approximate surface area is 118 Å². The summed E-state index contributed by atoms with van der Waals surface area (Å²) >= 11 is 5.83. The van der Waals surface area contributed by atoms with E-state index in [1.807, 2.05) is 28.9 Å². The van der Waals surface area contributed by atoms with Crippen LogP contribution in [0.3, 0.4) is 0 Å². The molecule has 0 bridgehead atoms. The summed E-state index contributed by atoms with van der Waals surface area (Å²) in [6.45, 7) is 2.93. The van der Waals surface area contributed by atoms with Crippen molar-refractivity contribution >= 4 is 11.6 Å². The van der Waals surface area contributed by atoms with E-state index >= 15 is 0 Å². The van der Waals surface area contributed by atoms with Crippen LogP contribution in [0, 0.1) is 0 Å². The zero-order valence-corrected chi connectivity index (χ0v) is 11.7. The number of rotatable bonds is 6. The fourth-order valence-electron chi connectivity index (χ4n) is 2.02. The van der Waals surface area contributed by atoms with Gasteiger partial charge in [-0.2, -0.15) is 5.10 Å². The van der Waals surface area contributed by atoms with Crippen LogP contribution < -0.4 is 0 Å². The van der Waals surface area contributed by atoms with Gasteiger partial charge >= 0.3 is 0 Å². The number of halogens is 1. The molecule has 1 heterocycles. The van der Waals surface area contributed by atoms with Gasteiger partial charge in [0.25, 0.3) is 0 Å². The quantitative estimate of drug-likeness (QED) is 0.884. The Morgan fingerprint density at radius 3 is 2.68 bits per heavy atom. The van der Waals surface area contributed by atoms with Gasteiger partial charge in [-0.3, -0.25) is 4.68 Å². The van der Waals surface area contributed by atoms with E-state index in [2.05, 4.69) is 17.0 Å². The summed E-state index contributed by atoms with van der Waals surface area (Å²) < 4.78 is 1.85. The normalized spacial score (nSPS) is 12.6. The Morgan fingerprint density at radius 2 is 2.00 bits per heavy atom. The van der Waals surface area contributed by atoms with Gasteiger partial charge in [0, 0.05) is 18.0 Å². The second-order valence-corrected chi connectivity index (χ2v) is 5.02. The minimum absolute atomic E-state index is 0.457. The molecule has 1 atom stereocenters. The summed E-state index contributed by atoms with van der Waals surface area (Å²) in [5, 5.41) is 15.0. The van der Waals surface area contributed by atoms with Crippen molar-refractivity contribution in [1.82, 2.24) is 14.8 Å². The van der Waals surface area contributed by atoms with Gasteiger partial charge in [-0.25, -0.2) is 4.98 Å². The second-order valence-electron chi connectivity index (χ2n) is 4.59. The van der Waals surface area contributed by atoms with Crippen molar-refractivity contribution in [2.24, 2.45) is 0 Å². The number of aliphatic hydroxyl groups excluding tert-OH is 1. The maximum Gasteiger partial charge on any atom is 0.138 e. The third-order valence-electron chi connectivity index (χ3n) is 2.93. The van der Waals surface area contributed by atoms with E-state index in [4.69, 9.17) is 11.6 Å². The Hall–Kier alpha value is -1.39. The number of benzene rings is 1. The van der Waals surface area contributed by atoms with Crippen LogP contribution in [-0.2, 0) is 19.4 Å². The maximum absolute atomic E-state index is 10.1. The van der Waals surface area contributed by atoms with Gasteiger partial charge in [0.15, 0.2) is 0 Å². The molecular formula is C14H18ClN3O. The monoisotopic (exact) mass is 279 g/mol. The molecule has 4 nitrogen and oxygen atoms in total. The van der Waals surface area contributed by atoms with E-state index in [1.165, 1.54) is 0 Å². The van der Waals surface area contributed by atoms with Crippen molar-refractivity contribution in [3.05, 3.63) is 47.0 Å². The highest BCUT2D eigenvalue weighted by atomic mass is 35.5. The summed E-state index contributed by atoms with van der Waals surface area (Å²) in [6.07, 6.45) is 3.20. The van der Waals surface area contributed by atoms with Gasteiger partial charge < -0.3 is 5.11 Å². The van der Waals surface area contributed by atoms with Crippen molar-refractivity contribution in [2.75, 3.05) is 0 Å². The molecule has 1 aromatic heterocycles. The number of aromatic nitrogens is 3. The highest BCUT2D eigenvalue weighted by Gasteiger charge is 2.11. The van der Waals surface area contributed by atoms with Crippen molar-refractivity contribution in [2.45, 2.75) is 38.8 Å². The first kappa shape index (κ1) is 14.0. The van der Waals surface area contributed by atoms with Gasteiger partial charge in [-0.05, 0) is 30.5 Å². The lowest BCUT2D eigenvalue weighted by atomic mass is 10.1. The molecule has 0 radical (unpaired) electrons. The maximum atomic E-state index is 10.1. The zero-order valence-electron chi connectivity index (χ0n) is 11.0. The third kappa shape index (κ3) is 4.04. The molecule has 0 saturated heterocycles. The molecular weight excluding hydrogens is 262 g/mol.